The number of aromatic carboxylic acids is 1. The van der Waals surface area contributed by atoms with E-state index in [-0.39, 0.29) is 5.56 Å². The number of hydrogen-bond donors (Lipinski definition) is 4. The van der Waals surface area contributed by atoms with Gasteiger partial charge in [-0.3, -0.25) is 14.1 Å². The standard InChI is InChI=1S/C33H32N2O9S2/c1-17-6-7-20(23(8-17)31(36)37)30-24-9-21-18(15-45(38,39)40)13-32(2,3)34-26(21)11-28(24)44-29-12-27-22(10-25(29)30)19(16-46(41,42)43)14-33(4,5)35-27/h6-14,34H,15-16H2,1-5H3,(H,36,37)(H,38,39,40)(H,41,42,43). The maximum absolute atomic E-state index is 12.6. The summed E-state index contributed by atoms with van der Waals surface area (Å²) in [6, 6.07) is 11.8. The van der Waals surface area contributed by atoms with Crippen LogP contribution in [0.2, 0.25) is 0 Å². The van der Waals surface area contributed by atoms with Crippen molar-refractivity contribution in [3.8, 4) is 11.5 Å². The second-order valence-electron chi connectivity index (χ2n) is 13.0. The van der Waals surface area contributed by atoms with Crippen molar-refractivity contribution in [1.29, 1.82) is 0 Å². The van der Waals surface area contributed by atoms with Gasteiger partial charge in [0.25, 0.3) is 20.2 Å². The number of carboxylic acid groups (broad SMARTS) is 1. The molecule has 0 saturated carbocycles. The number of rotatable bonds is 6. The van der Waals surface area contributed by atoms with Crippen LogP contribution in [0.5, 0.6) is 11.5 Å². The van der Waals surface area contributed by atoms with Gasteiger partial charge < -0.3 is 15.2 Å². The Morgan fingerprint density at radius 3 is 2.11 bits per heavy atom. The monoisotopic (exact) mass is 664 g/mol. The lowest BCUT2D eigenvalue weighted by Gasteiger charge is -2.34. The van der Waals surface area contributed by atoms with E-state index in [1.165, 1.54) is 0 Å². The van der Waals surface area contributed by atoms with E-state index in [1.54, 1.807) is 75.4 Å². The number of carbonyl (C=O) groups is 1. The van der Waals surface area contributed by atoms with Gasteiger partial charge in [0, 0.05) is 45.3 Å². The Kier molecular flexibility index (Phi) is 7.13. The summed E-state index contributed by atoms with van der Waals surface area (Å²) in [7, 11) is -8.84. The highest BCUT2D eigenvalue weighted by molar-refractivity contribution is 7.86. The first-order valence-corrected chi connectivity index (χ1v) is 17.5. The molecule has 0 bridgehead atoms. The van der Waals surface area contributed by atoms with Gasteiger partial charge >= 0.3 is 5.97 Å². The Hall–Kier alpha value is -4.30. The first-order chi connectivity index (χ1) is 21.2. The Labute approximate surface area is 266 Å². The molecule has 4 N–H and O–H groups in total. The molecule has 0 fully saturated rings. The second-order valence-corrected chi connectivity index (χ2v) is 15.9. The van der Waals surface area contributed by atoms with Crippen molar-refractivity contribution < 1.29 is 40.6 Å². The van der Waals surface area contributed by atoms with Crippen LogP contribution in [0, 0.1) is 6.92 Å². The topological polar surface area (TPSA) is 180 Å². The van der Waals surface area contributed by atoms with Gasteiger partial charge in [0.15, 0.2) is 0 Å². The van der Waals surface area contributed by atoms with E-state index in [0.29, 0.717) is 72.3 Å². The van der Waals surface area contributed by atoms with Gasteiger partial charge in [-0.05, 0) is 69.5 Å². The summed E-state index contributed by atoms with van der Waals surface area (Å²) in [4.78, 5) is 17.4. The molecule has 6 rings (SSSR count). The van der Waals surface area contributed by atoms with Gasteiger partial charge in [-0.2, -0.15) is 16.8 Å². The van der Waals surface area contributed by atoms with Crippen LogP contribution in [0.3, 0.4) is 0 Å². The van der Waals surface area contributed by atoms with Gasteiger partial charge in [-0.1, -0.05) is 29.8 Å². The summed E-state index contributed by atoms with van der Waals surface area (Å²) >= 11 is 0. The summed E-state index contributed by atoms with van der Waals surface area (Å²) in [5.41, 5.74) is 2.64. The molecule has 0 amide bonds. The highest BCUT2D eigenvalue weighted by Crippen LogP contribution is 2.45. The molecule has 13 heteroatoms. The van der Waals surface area contributed by atoms with Crippen LogP contribution in [0.1, 0.15) is 65.9 Å². The van der Waals surface area contributed by atoms with Crippen molar-refractivity contribution >= 4 is 48.6 Å². The third-order valence-corrected chi connectivity index (χ3v) is 9.30. The number of benzene rings is 3. The van der Waals surface area contributed by atoms with Crippen molar-refractivity contribution in [2.24, 2.45) is 4.99 Å². The largest absolute Gasteiger partial charge is 0.478 e. The van der Waals surface area contributed by atoms with Crippen molar-refractivity contribution in [2.75, 3.05) is 16.8 Å². The van der Waals surface area contributed by atoms with Crippen molar-refractivity contribution in [1.82, 2.24) is 0 Å². The van der Waals surface area contributed by atoms with E-state index < -0.39 is 48.8 Å². The summed E-state index contributed by atoms with van der Waals surface area (Å²) in [5, 5.41) is 14.5. The maximum Gasteiger partial charge on any atom is 0.336 e. The summed E-state index contributed by atoms with van der Waals surface area (Å²) < 4.78 is 74.2. The number of carboxylic acids is 1. The molecule has 0 spiro atoms. The van der Waals surface area contributed by atoms with Crippen LogP contribution in [0.4, 0.5) is 5.69 Å². The van der Waals surface area contributed by atoms with E-state index in [4.69, 9.17) is 9.73 Å². The summed E-state index contributed by atoms with van der Waals surface area (Å²) in [6.07, 6.45) is 3.38. The Bertz CT molecular complexity index is 2300. The lowest BCUT2D eigenvalue weighted by atomic mass is 9.84. The van der Waals surface area contributed by atoms with Crippen LogP contribution in [0.25, 0.3) is 16.7 Å². The van der Waals surface area contributed by atoms with Gasteiger partial charge in [0.2, 0.25) is 0 Å². The van der Waals surface area contributed by atoms with Gasteiger partial charge in [-0.25, -0.2) is 4.79 Å². The van der Waals surface area contributed by atoms with Crippen LogP contribution >= 0.6 is 0 Å². The van der Waals surface area contributed by atoms with Crippen LogP contribution < -0.4 is 20.6 Å². The number of anilines is 1. The first-order valence-electron chi connectivity index (χ1n) is 14.3. The first kappa shape index (κ1) is 31.7. The van der Waals surface area contributed by atoms with Crippen LogP contribution in [0.15, 0.2) is 59.6 Å². The number of ether oxygens (including phenoxy) is 1. The molecule has 240 valence electrons. The summed E-state index contributed by atoms with van der Waals surface area (Å²) in [5.74, 6) is -1.77. The molecular formula is C33H32N2O9S2. The zero-order valence-electron chi connectivity index (χ0n) is 25.7. The Morgan fingerprint density at radius 2 is 1.48 bits per heavy atom. The predicted molar refractivity (Wildman–Crippen MR) is 174 cm³/mol. The average Bonchev–Trinajstić information content (AvgIpc) is 2.87. The zero-order valence-corrected chi connectivity index (χ0v) is 27.3. The molecule has 0 atom stereocenters. The third kappa shape index (κ3) is 6.10. The number of fused-ring (bicyclic) bond motifs is 4. The van der Waals surface area contributed by atoms with Crippen molar-refractivity contribution in [2.45, 2.75) is 45.7 Å². The summed E-state index contributed by atoms with van der Waals surface area (Å²) in [6.45, 7) is 9.08. The quantitative estimate of drug-likeness (QED) is 0.218. The van der Waals surface area contributed by atoms with Gasteiger partial charge in [0.1, 0.15) is 23.0 Å². The molecule has 3 aliphatic rings. The molecule has 3 aromatic rings. The second kappa shape index (κ2) is 10.4. The van der Waals surface area contributed by atoms with Crippen molar-refractivity contribution in [3.05, 3.63) is 98.6 Å². The minimum atomic E-state index is -4.42. The molecule has 0 aromatic heterocycles. The molecular weight excluding hydrogens is 633 g/mol. The van der Waals surface area contributed by atoms with E-state index >= 15 is 0 Å². The zero-order chi connectivity index (χ0) is 33.6. The molecule has 3 heterocycles. The number of hydrogen-bond acceptors (Lipinski definition) is 8. The maximum atomic E-state index is 12.6. The highest BCUT2D eigenvalue weighted by Gasteiger charge is 2.33. The van der Waals surface area contributed by atoms with E-state index in [2.05, 4.69) is 5.32 Å². The lowest BCUT2D eigenvalue weighted by Crippen LogP contribution is -2.33. The minimum absolute atomic E-state index is 0.0109. The van der Waals surface area contributed by atoms with Gasteiger partial charge in [-0.15, -0.1) is 0 Å². The fourth-order valence-electron chi connectivity index (χ4n) is 6.41. The molecule has 11 nitrogen and oxygen atoms in total. The number of nitrogens with zero attached hydrogens (tertiary/aromatic N) is 1. The molecule has 0 radical (unpaired) electrons. The average molecular weight is 665 g/mol. The van der Waals surface area contributed by atoms with E-state index in [1.807, 2.05) is 13.8 Å². The fraction of sp³-hybridized carbons (Fsp3) is 0.273. The van der Waals surface area contributed by atoms with Crippen LogP contribution in [-0.2, 0) is 20.2 Å². The molecule has 0 unspecified atom stereocenters. The van der Waals surface area contributed by atoms with Crippen LogP contribution in [-0.4, -0.2) is 59.6 Å². The minimum Gasteiger partial charge on any atom is -0.478 e. The number of nitrogens with one attached hydrogen (secondary N) is 1. The lowest BCUT2D eigenvalue weighted by molar-refractivity contribution is 0.0696. The molecule has 3 aliphatic heterocycles. The highest BCUT2D eigenvalue weighted by atomic mass is 32.2. The van der Waals surface area contributed by atoms with E-state index in [9.17, 15) is 35.8 Å². The predicted octanol–water partition coefficient (Wildman–Crippen LogP) is 4.20. The third-order valence-electron chi connectivity index (χ3n) is 7.95. The molecule has 0 saturated heterocycles. The SMILES string of the molecule is Cc1ccc(C2=c3cc4c(cc3Oc3cc5c(cc32)C(CS(=O)(=O)O)=CC(C)(C)N5)=NC(C)(C)C=C4CS(=O)(=O)O)c(C(=O)O)c1. The Morgan fingerprint density at radius 1 is 0.826 bits per heavy atom. The van der Waals surface area contributed by atoms with E-state index in [0.717, 1.165) is 0 Å². The Balaban J connectivity index is 1.73. The molecule has 3 aromatic carbocycles. The molecule has 0 aliphatic carbocycles. The normalized spacial score (nSPS) is 17.5. The smallest absolute Gasteiger partial charge is 0.336 e. The van der Waals surface area contributed by atoms with Crippen molar-refractivity contribution in [3.63, 3.8) is 0 Å². The molecule has 46 heavy (non-hydrogen) atoms. The number of aryl methyl sites for hydroxylation is 1. The van der Waals surface area contributed by atoms with Gasteiger partial charge in [0.05, 0.1) is 22.0 Å². The fourth-order valence-corrected chi connectivity index (χ4v) is 7.67.